The van der Waals surface area contributed by atoms with Crippen LogP contribution in [0.3, 0.4) is 0 Å². The number of benzene rings is 5. The average molecular weight is 744 g/mol. The molecule has 0 bridgehead atoms. The molecule has 0 spiro atoms. The van der Waals surface area contributed by atoms with Crippen molar-refractivity contribution < 1.29 is 26.1 Å². The second kappa shape index (κ2) is 13.7. The predicted molar refractivity (Wildman–Crippen MR) is 183 cm³/mol. The van der Waals surface area contributed by atoms with Crippen molar-refractivity contribution in [3.63, 3.8) is 0 Å². The molecule has 45 heavy (non-hydrogen) atoms. The van der Waals surface area contributed by atoms with E-state index in [0.717, 1.165) is 0 Å². The molecule has 5 aromatic rings. The van der Waals surface area contributed by atoms with Gasteiger partial charge in [-0.1, -0.05) is 0 Å². The van der Waals surface area contributed by atoms with Crippen LogP contribution >= 0.6 is 0 Å². The van der Waals surface area contributed by atoms with E-state index in [1.165, 1.54) is 64.2 Å². The number of hydrogen-bond donors (Lipinski definition) is 0. The van der Waals surface area contributed by atoms with Crippen LogP contribution in [0.5, 0.6) is 0 Å². The van der Waals surface area contributed by atoms with Crippen LogP contribution in [-0.4, -0.2) is 44.7 Å². The summed E-state index contributed by atoms with van der Waals surface area (Å²) >= 11 is -1.77. The molecule has 0 unspecified atom stereocenters. The van der Waals surface area contributed by atoms with E-state index >= 15 is 0 Å². The van der Waals surface area contributed by atoms with Gasteiger partial charge < -0.3 is 4.55 Å². The Morgan fingerprint density at radius 3 is 1.51 bits per heavy atom. The smallest absolute Gasteiger partial charge is 0.485 e. The van der Waals surface area contributed by atoms with Gasteiger partial charge in [0.25, 0.3) is 0 Å². The predicted octanol–water partition coefficient (Wildman–Crippen LogP) is 5.50. The summed E-state index contributed by atoms with van der Waals surface area (Å²) in [5.41, 5.74) is 6.91. The molecule has 0 atom stereocenters. The maximum atomic E-state index is 10.7. The Balaban J connectivity index is 0.000000510. The second-order valence-corrected chi connectivity index (χ2v) is 18.4. The summed E-state index contributed by atoms with van der Waals surface area (Å²) in [4.78, 5) is 2.52. The molecule has 0 aliphatic heterocycles. The van der Waals surface area contributed by atoms with E-state index in [2.05, 4.69) is 138 Å². The number of alkyl halides is 3. The fraction of sp³-hybridized carbons (Fsp3) is 0.222. The van der Waals surface area contributed by atoms with E-state index in [4.69, 9.17) is 13.0 Å². The first-order valence-corrected chi connectivity index (χ1v) is 20.5. The summed E-state index contributed by atoms with van der Waals surface area (Å²) < 4.78 is 62.0. The molecule has 0 saturated carbocycles. The number of hydrogen-bond acceptors (Lipinski definition) is 3. The van der Waals surface area contributed by atoms with Gasteiger partial charge in [0.2, 0.25) is 0 Å². The number of rotatable bonds is 5. The molecule has 0 aliphatic carbocycles. The average Bonchev–Trinajstić information content (AvgIpc) is 2.94. The van der Waals surface area contributed by atoms with Gasteiger partial charge in [0.05, 0.1) is 0 Å². The molecular weight excluding hydrogens is 708 g/mol. The molecule has 0 saturated heterocycles. The summed E-state index contributed by atoms with van der Waals surface area (Å²) in [6, 6.07) is 34.6. The minimum atomic E-state index is -6.09. The number of aryl methyl sites for hydroxylation is 6. The fourth-order valence-corrected chi connectivity index (χ4v) is 11.0. The third-order valence-electron chi connectivity index (χ3n) is 7.97. The molecule has 0 N–H and O–H groups in total. The standard InChI is InChI=1S/C35H36BTe.CHF3O3S/c1-23-19-25(3)34(26(4)20-23)36(35-27(5)21-24(2)22-28(35)6)31-17-11-13-29-14-12-18-32(33(29)31)37(7)30-15-9-8-10-16-30;2-1(3,4)8(5,6)7/h8-22H,1-7H3;(H,5,6,7)/q+1;/p-1. The van der Waals surface area contributed by atoms with Crippen LogP contribution in [0.4, 0.5) is 13.2 Å². The Labute approximate surface area is 272 Å². The first-order chi connectivity index (χ1) is 21.0. The Bertz CT molecular complexity index is 1850. The van der Waals surface area contributed by atoms with Crippen molar-refractivity contribution in [3.8, 4) is 0 Å². The molecule has 234 valence electrons. The summed E-state index contributed by atoms with van der Waals surface area (Å²) in [7, 11) is -6.09. The van der Waals surface area contributed by atoms with E-state index in [0.29, 0.717) is 0 Å². The quantitative estimate of drug-likeness (QED) is 0.136. The molecule has 0 radical (unpaired) electrons. The van der Waals surface area contributed by atoms with Crippen molar-refractivity contribution >= 4 is 70.8 Å². The maximum absolute atomic E-state index is 10.7. The van der Waals surface area contributed by atoms with Gasteiger partial charge in [-0.2, -0.15) is 13.2 Å². The van der Waals surface area contributed by atoms with Crippen LogP contribution in [0.1, 0.15) is 33.4 Å². The van der Waals surface area contributed by atoms with Gasteiger partial charge in [-0.05, 0) is 0 Å². The van der Waals surface area contributed by atoms with Crippen molar-refractivity contribution in [2.75, 3.05) is 0 Å². The maximum Gasteiger partial charge on any atom is 0.485 e. The van der Waals surface area contributed by atoms with Gasteiger partial charge >= 0.3 is 237 Å². The molecule has 0 fully saturated rings. The van der Waals surface area contributed by atoms with E-state index in [9.17, 15) is 13.2 Å². The van der Waals surface area contributed by atoms with E-state index < -0.39 is 35.2 Å². The summed E-state index contributed by atoms with van der Waals surface area (Å²) in [6.45, 7) is 13.8. The topological polar surface area (TPSA) is 57.2 Å². The van der Waals surface area contributed by atoms with Gasteiger partial charge in [0, 0.05) is 0 Å². The molecule has 3 nitrogen and oxygen atoms in total. The van der Waals surface area contributed by atoms with Gasteiger partial charge in [0.1, 0.15) is 0 Å². The molecular formula is C36H36BF3O3STe. The SMILES string of the molecule is Cc1cc(C)c(B(c2c(C)cc(C)cc2C)c2cccc3cccc([Te+](C)c4ccccc4)c23)c(C)c1.O=S(=O)([O-])C(F)(F)F. The van der Waals surface area contributed by atoms with Crippen molar-refractivity contribution in [2.45, 2.75) is 52.0 Å². The monoisotopic (exact) mass is 746 g/mol. The van der Waals surface area contributed by atoms with Gasteiger partial charge in [-0.25, -0.2) is 8.42 Å². The van der Waals surface area contributed by atoms with Crippen LogP contribution < -0.4 is 23.6 Å². The zero-order valence-electron chi connectivity index (χ0n) is 26.4. The third kappa shape index (κ3) is 7.66. The third-order valence-corrected chi connectivity index (χ3v) is 14.2. The minimum absolute atomic E-state index is 0.188. The molecule has 5 aromatic carbocycles. The summed E-state index contributed by atoms with van der Waals surface area (Å²) in [5.74, 6) is 0. The zero-order chi connectivity index (χ0) is 33.3. The molecule has 5 rings (SSSR count). The van der Waals surface area contributed by atoms with Crippen LogP contribution in [-0.2, 0) is 10.1 Å². The zero-order valence-corrected chi connectivity index (χ0v) is 29.6. The summed E-state index contributed by atoms with van der Waals surface area (Å²) in [6.07, 6.45) is 0. The van der Waals surface area contributed by atoms with E-state index in [1.807, 2.05) is 0 Å². The number of fused-ring (bicyclic) bond motifs is 1. The Morgan fingerprint density at radius 1 is 0.667 bits per heavy atom. The van der Waals surface area contributed by atoms with Crippen LogP contribution in [0.15, 0.2) is 91.0 Å². The molecule has 0 amide bonds. The van der Waals surface area contributed by atoms with Crippen LogP contribution in [0, 0.1) is 41.5 Å². The Kier molecular flexibility index (Phi) is 10.6. The van der Waals surface area contributed by atoms with Gasteiger partial charge in [-0.15, -0.1) is 0 Å². The fourth-order valence-electron chi connectivity index (χ4n) is 6.33. The molecule has 0 heterocycles. The van der Waals surface area contributed by atoms with E-state index in [-0.39, 0.29) is 6.71 Å². The second-order valence-electron chi connectivity index (χ2n) is 11.5. The molecule has 9 heteroatoms. The molecule has 0 aliphatic rings. The largest absolute Gasteiger partial charge is 0.741 e. The normalized spacial score (nSPS) is 11.8. The van der Waals surface area contributed by atoms with Crippen molar-refractivity contribution in [2.24, 2.45) is 0 Å². The van der Waals surface area contributed by atoms with Crippen molar-refractivity contribution in [3.05, 3.63) is 124 Å². The first-order valence-electron chi connectivity index (χ1n) is 14.4. The van der Waals surface area contributed by atoms with Gasteiger partial charge in [-0.3, -0.25) is 0 Å². The van der Waals surface area contributed by atoms with E-state index in [1.54, 1.807) is 3.61 Å². The number of halogens is 3. The first kappa shape index (κ1) is 34.8. The Morgan fingerprint density at radius 2 is 1.09 bits per heavy atom. The Hall–Kier alpha value is -3.09. The van der Waals surface area contributed by atoms with Crippen LogP contribution in [0.2, 0.25) is 4.97 Å². The minimum Gasteiger partial charge on any atom is -0.741 e. The molecule has 0 aromatic heterocycles. The van der Waals surface area contributed by atoms with Crippen molar-refractivity contribution in [1.82, 2.24) is 0 Å². The van der Waals surface area contributed by atoms with Crippen LogP contribution in [0.25, 0.3) is 10.8 Å². The summed E-state index contributed by atoms with van der Waals surface area (Å²) in [5, 5.41) is 2.82. The van der Waals surface area contributed by atoms with Crippen molar-refractivity contribution in [1.29, 1.82) is 0 Å². The van der Waals surface area contributed by atoms with Gasteiger partial charge in [0.15, 0.2) is 10.1 Å².